The summed E-state index contributed by atoms with van der Waals surface area (Å²) in [5.74, 6) is 0. The first kappa shape index (κ1) is 11.3. The molecule has 0 radical (unpaired) electrons. The highest BCUT2D eigenvalue weighted by molar-refractivity contribution is 9.10. The number of rotatable bonds is 5. The maximum absolute atomic E-state index is 4.11. The average molecular weight is 281 g/mol. The predicted octanol–water partition coefficient (Wildman–Crippen LogP) is 1.90. The van der Waals surface area contributed by atoms with Crippen molar-refractivity contribution in [1.82, 2.24) is 20.3 Å². The molecule has 2 heterocycles. The van der Waals surface area contributed by atoms with Crippen molar-refractivity contribution in [1.29, 1.82) is 0 Å². The van der Waals surface area contributed by atoms with E-state index >= 15 is 0 Å². The van der Waals surface area contributed by atoms with Gasteiger partial charge in [-0.15, -0.1) is 0 Å². The monoisotopic (exact) mass is 280 g/mol. The summed E-state index contributed by atoms with van der Waals surface area (Å²) in [5.41, 5.74) is 2.33. The van der Waals surface area contributed by atoms with Crippen molar-refractivity contribution in [3.05, 3.63) is 46.7 Å². The van der Waals surface area contributed by atoms with E-state index in [1.165, 1.54) is 5.56 Å². The second kappa shape index (κ2) is 5.77. The molecule has 0 aliphatic rings. The van der Waals surface area contributed by atoms with Crippen molar-refractivity contribution in [3.63, 3.8) is 0 Å². The Morgan fingerprint density at radius 3 is 2.94 bits per heavy atom. The SMILES string of the molecule is Brc1cncc(CNCCc2cnc[nH]2)c1. The molecular weight excluding hydrogens is 268 g/mol. The maximum Gasteiger partial charge on any atom is 0.0921 e. The van der Waals surface area contributed by atoms with E-state index in [9.17, 15) is 0 Å². The van der Waals surface area contributed by atoms with E-state index in [1.54, 1.807) is 12.5 Å². The van der Waals surface area contributed by atoms with Crippen LogP contribution >= 0.6 is 15.9 Å². The van der Waals surface area contributed by atoms with Gasteiger partial charge in [0.2, 0.25) is 0 Å². The first-order valence-corrected chi connectivity index (χ1v) is 5.91. The number of nitrogens with zero attached hydrogens (tertiary/aromatic N) is 2. The zero-order valence-corrected chi connectivity index (χ0v) is 10.4. The number of nitrogens with one attached hydrogen (secondary N) is 2. The number of pyridine rings is 1. The highest BCUT2D eigenvalue weighted by Gasteiger charge is 1.96. The summed E-state index contributed by atoms with van der Waals surface area (Å²) < 4.78 is 1.01. The molecule has 5 heteroatoms. The molecule has 2 rings (SSSR count). The van der Waals surface area contributed by atoms with Crippen LogP contribution in [0.2, 0.25) is 0 Å². The Hall–Kier alpha value is -1.20. The van der Waals surface area contributed by atoms with Gasteiger partial charge in [0.25, 0.3) is 0 Å². The van der Waals surface area contributed by atoms with Crippen LogP contribution in [0.1, 0.15) is 11.3 Å². The van der Waals surface area contributed by atoms with Gasteiger partial charge in [-0.3, -0.25) is 4.98 Å². The second-order valence-electron chi connectivity index (χ2n) is 3.52. The molecule has 0 amide bonds. The van der Waals surface area contributed by atoms with Gasteiger partial charge in [0, 0.05) is 48.3 Å². The van der Waals surface area contributed by atoms with Gasteiger partial charge in [-0.05, 0) is 27.6 Å². The van der Waals surface area contributed by atoms with Crippen LogP contribution in [-0.4, -0.2) is 21.5 Å². The second-order valence-corrected chi connectivity index (χ2v) is 4.43. The maximum atomic E-state index is 4.11. The van der Waals surface area contributed by atoms with Crippen LogP contribution in [0.3, 0.4) is 0 Å². The Labute approximate surface area is 103 Å². The number of aromatic nitrogens is 3. The summed E-state index contributed by atoms with van der Waals surface area (Å²) in [6.45, 7) is 1.76. The lowest BCUT2D eigenvalue weighted by molar-refractivity contribution is 0.679. The fourth-order valence-corrected chi connectivity index (χ4v) is 1.84. The first-order chi connectivity index (χ1) is 7.84. The Balaban J connectivity index is 1.72. The molecule has 2 N–H and O–H groups in total. The lowest BCUT2D eigenvalue weighted by Crippen LogP contribution is -2.16. The third-order valence-corrected chi connectivity index (χ3v) is 2.65. The summed E-state index contributed by atoms with van der Waals surface area (Å²) >= 11 is 3.40. The van der Waals surface area contributed by atoms with Gasteiger partial charge in [0.1, 0.15) is 0 Å². The van der Waals surface area contributed by atoms with Crippen molar-refractivity contribution < 1.29 is 0 Å². The Bertz CT molecular complexity index is 427. The van der Waals surface area contributed by atoms with Crippen LogP contribution in [0.5, 0.6) is 0 Å². The lowest BCUT2D eigenvalue weighted by atomic mass is 10.3. The number of halogens is 1. The summed E-state index contributed by atoms with van der Waals surface area (Å²) in [5, 5.41) is 3.36. The molecule has 16 heavy (non-hydrogen) atoms. The van der Waals surface area contributed by atoms with Crippen molar-refractivity contribution in [2.24, 2.45) is 0 Å². The molecular formula is C11H13BrN4. The number of hydrogen-bond acceptors (Lipinski definition) is 3. The quantitative estimate of drug-likeness (QED) is 0.823. The van der Waals surface area contributed by atoms with Crippen molar-refractivity contribution >= 4 is 15.9 Å². The number of aromatic amines is 1. The highest BCUT2D eigenvalue weighted by atomic mass is 79.9. The Morgan fingerprint density at radius 1 is 1.25 bits per heavy atom. The van der Waals surface area contributed by atoms with Crippen LogP contribution in [0.25, 0.3) is 0 Å². The molecule has 84 valence electrons. The van der Waals surface area contributed by atoms with E-state index in [1.807, 2.05) is 12.4 Å². The summed E-state index contributed by atoms with van der Waals surface area (Å²) in [6.07, 6.45) is 8.17. The smallest absolute Gasteiger partial charge is 0.0921 e. The van der Waals surface area contributed by atoms with E-state index in [4.69, 9.17) is 0 Å². The van der Waals surface area contributed by atoms with E-state index in [0.29, 0.717) is 0 Å². The Morgan fingerprint density at radius 2 is 2.19 bits per heavy atom. The van der Waals surface area contributed by atoms with Crippen molar-refractivity contribution in [2.45, 2.75) is 13.0 Å². The minimum absolute atomic E-state index is 0.834. The van der Waals surface area contributed by atoms with Crippen LogP contribution < -0.4 is 5.32 Å². The van der Waals surface area contributed by atoms with Gasteiger partial charge in [-0.1, -0.05) is 0 Å². The number of imidazole rings is 1. The van der Waals surface area contributed by atoms with E-state index < -0.39 is 0 Å². The number of H-pyrrole nitrogens is 1. The van der Waals surface area contributed by atoms with Crippen LogP contribution in [0, 0.1) is 0 Å². The normalized spacial score (nSPS) is 10.6. The zero-order valence-electron chi connectivity index (χ0n) is 8.78. The van der Waals surface area contributed by atoms with E-state index in [-0.39, 0.29) is 0 Å². The summed E-state index contributed by atoms with van der Waals surface area (Å²) in [6, 6.07) is 2.07. The molecule has 0 saturated carbocycles. The minimum atomic E-state index is 0.834. The van der Waals surface area contributed by atoms with Gasteiger partial charge in [0.15, 0.2) is 0 Å². The largest absolute Gasteiger partial charge is 0.348 e. The summed E-state index contributed by atoms with van der Waals surface area (Å²) in [4.78, 5) is 11.2. The fraction of sp³-hybridized carbons (Fsp3) is 0.273. The zero-order chi connectivity index (χ0) is 11.2. The first-order valence-electron chi connectivity index (χ1n) is 5.12. The fourth-order valence-electron chi connectivity index (χ4n) is 1.43. The van der Waals surface area contributed by atoms with Crippen LogP contribution in [0.15, 0.2) is 35.5 Å². The van der Waals surface area contributed by atoms with Gasteiger partial charge in [-0.2, -0.15) is 0 Å². The average Bonchev–Trinajstić information content (AvgIpc) is 2.77. The highest BCUT2D eigenvalue weighted by Crippen LogP contribution is 2.08. The molecule has 0 aliphatic heterocycles. The van der Waals surface area contributed by atoms with Crippen molar-refractivity contribution in [3.8, 4) is 0 Å². The number of hydrogen-bond donors (Lipinski definition) is 2. The third kappa shape index (κ3) is 3.43. The van der Waals surface area contributed by atoms with Gasteiger partial charge in [-0.25, -0.2) is 4.98 Å². The molecule has 2 aromatic heterocycles. The van der Waals surface area contributed by atoms with Crippen molar-refractivity contribution in [2.75, 3.05) is 6.54 Å². The lowest BCUT2D eigenvalue weighted by Gasteiger charge is -2.03. The third-order valence-electron chi connectivity index (χ3n) is 2.22. The Kier molecular flexibility index (Phi) is 4.07. The molecule has 0 saturated heterocycles. The minimum Gasteiger partial charge on any atom is -0.348 e. The van der Waals surface area contributed by atoms with Gasteiger partial charge >= 0.3 is 0 Å². The van der Waals surface area contributed by atoms with Crippen LogP contribution in [0.4, 0.5) is 0 Å². The standard InChI is InChI=1S/C11H13BrN4/c12-10-3-9(5-14-6-10)4-13-2-1-11-7-15-8-16-11/h3,5-8,13H,1-2,4H2,(H,15,16). The van der Waals surface area contributed by atoms with E-state index in [2.05, 4.69) is 42.3 Å². The molecule has 4 nitrogen and oxygen atoms in total. The summed E-state index contributed by atoms with van der Waals surface area (Å²) in [7, 11) is 0. The predicted molar refractivity (Wildman–Crippen MR) is 65.9 cm³/mol. The van der Waals surface area contributed by atoms with Gasteiger partial charge in [0.05, 0.1) is 6.33 Å². The molecule has 2 aromatic rings. The molecule has 0 spiro atoms. The molecule has 0 aliphatic carbocycles. The van der Waals surface area contributed by atoms with Crippen LogP contribution in [-0.2, 0) is 13.0 Å². The molecule has 0 bridgehead atoms. The molecule has 0 atom stereocenters. The molecule has 0 unspecified atom stereocenters. The molecule has 0 aromatic carbocycles. The molecule has 0 fully saturated rings. The van der Waals surface area contributed by atoms with Gasteiger partial charge < -0.3 is 10.3 Å². The van der Waals surface area contributed by atoms with E-state index in [0.717, 1.165) is 29.7 Å². The topological polar surface area (TPSA) is 53.6 Å².